The molecule has 1 aromatic carbocycles. The molecule has 1 saturated heterocycles. The van der Waals surface area contributed by atoms with Crippen LogP contribution >= 0.6 is 0 Å². The number of amides is 1. The molecule has 0 spiro atoms. The van der Waals surface area contributed by atoms with Crippen molar-refractivity contribution >= 4 is 22.9 Å². The average molecular weight is 450 g/mol. The van der Waals surface area contributed by atoms with E-state index in [1.54, 1.807) is 10.9 Å². The first-order valence-corrected chi connectivity index (χ1v) is 11.9. The van der Waals surface area contributed by atoms with Gasteiger partial charge < -0.3 is 10.2 Å². The third-order valence-electron chi connectivity index (χ3n) is 6.77. The Morgan fingerprint density at radius 3 is 2.70 bits per heavy atom. The van der Waals surface area contributed by atoms with Crippen molar-refractivity contribution < 1.29 is 4.79 Å². The van der Waals surface area contributed by atoms with Crippen LogP contribution in [0.15, 0.2) is 41.3 Å². The van der Waals surface area contributed by atoms with Crippen LogP contribution in [-0.2, 0) is 4.79 Å². The first-order chi connectivity index (χ1) is 16.1. The number of hydrogen-bond donors (Lipinski definition) is 2. The fourth-order valence-electron chi connectivity index (χ4n) is 4.97. The molecule has 3 heterocycles. The fourth-order valence-corrected chi connectivity index (χ4v) is 4.97. The summed E-state index contributed by atoms with van der Waals surface area (Å²) in [7, 11) is 0. The lowest BCUT2D eigenvalue weighted by Crippen LogP contribution is -2.51. The third-order valence-corrected chi connectivity index (χ3v) is 6.77. The van der Waals surface area contributed by atoms with Gasteiger partial charge in [0.05, 0.1) is 18.4 Å². The lowest BCUT2D eigenvalue weighted by molar-refractivity contribution is -0.123. The van der Waals surface area contributed by atoms with E-state index in [2.05, 4.69) is 32.1 Å². The highest BCUT2D eigenvalue weighted by molar-refractivity contribution is 5.78. The summed E-state index contributed by atoms with van der Waals surface area (Å²) >= 11 is 0. The molecule has 1 saturated carbocycles. The lowest BCUT2D eigenvalue weighted by Gasteiger charge is -2.35. The number of rotatable bonds is 5. The van der Waals surface area contributed by atoms with Gasteiger partial charge in [-0.05, 0) is 30.9 Å². The number of aromatic nitrogens is 4. The smallest absolute Gasteiger partial charge is 0.263 e. The quantitative estimate of drug-likeness (QED) is 0.618. The highest BCUT2D eigenvalue weighted by Gasteiger charge is 2.24. The number of H-pyrrole nitrogens is 1. The number of hydrogen-bond acceptors (Lipinski definition) is 6. The molecular weight excluding hydrogens is 418 g/mol. The van der Waals surface area contributed by atoms with Crippen molar-refractivity contribution in [2.75, 3.05) is 37.6 Å². The third kappa shape index (κ3) is 4.78. The summed E-state index contributed by atoms with van der Waals surface area (Å²) in [5, 5.41) is 8.06. The summed E-state index contributed by atoms with van der Waals surface area (Å²) in [6.07, 6.45) is 6.19. The normalized spacial score (nSPS) is 21.9. The number of aromatic amines is 1. The first-order valence-electron chi connectivity index (χ1n) is 11.9. The zero-order valence-electron chi connectivity index (χ0n) is 19.0. The Bertz CT molecular complexity index is 1160. The van der Waals surface area contributed by atoms with E-state index in [1.807, 2.05) is 30.3 Å². The van der Waals surface area contributed by atoms with Crippen molar-refractivity contribution in [2.45, 2.75) is 38.6 Å². The second kappa shape index (κ2) is 9.35. The van der Waals surface area contributed by atoms with Crippen molar-refractivity contribution in [3.05, 3.63) is 46.9 Å². The molecule has 2 N–H and O–H groups in total. The van der Waals surface area contributed by atoms with Crippen LogP contribution in [0.1, 0.15) is 32.6 Å². The Labute approximate surface area is 192 Å². The predicted octanol–water partition coefficient (Wildman–Crippen LogP) is 1.93. The van der Waals surface area contributed by atoms with Crippen LogP contribution in [0.25, 0.3) is 16.7 Å². The minimum atomic E-state index is -0.194. The van der Waals surface area contributed by atoms with Gasteiger partial charge in [-0.25, -0.2) is 4.68 Å². The van der Waals surface area contributed by atoms with Gasteiger partial charge in [-0.1, -0.05) is 38.0 Å². The molecule has 33 heavy (non-hydrogen) atoms. The molecule has 2 aromatic heterocycles. The largest absolute Gasteiger partial charge is 0.352 e. The predicted molar refractivity (Wildman–Crippen MR) is 128 cm³/mol. The molecule has 174 valence electrons. The van der Waals surface area contributed by atoms with Gasteiger partial charge in [0.25, 0.3) is 5.56 Å². The molecule has 2 unspecified atom stereocenters. The summed E-state index contributed by atoms with van der Waals surface area (Å²) in [5.41, 5.74) is 1.21. The topological polar surface area (TPSA) is 99.2 Å². The van der Waals surface area contributed by atoms with E-state index in [9.17, 15) is 9.59 Å². The van der Waals surface area contributed by atoms with Crippen LogP contribution in [-0.4, -0.2) is 69.3 Å². The Hall–Kier alpha value is -3.20. The van der Waals surface area contributed by atoms with Crippen molar-refractivity contribution in [3.8, 4) is 5.69 Å². The van der Waals surface area contributed by atoms with Crippen LogP contribution in [0.4, 0.5) is 5.95 Å². The number of carbonyl (C=O) groups excluding carboxylic acids is 1. The molecule has 3 aromatic rings. The van der Waals surface area contributed by atoms with Crippen LogP contribution in [0.5, 0.6) is 0 Å². The highest BCUT2D eigenvalue weighted by Crippen LogP contribution is 2.23. The van der Waals surface area contributed by atoms with Gasteiger partial charge in [-0.2, -0.15) is 10.1 Å². The maximum atomic E-state index is 12.7. The molecule has 1 aliphatic heterocycles. The standard InChI is InChI=1S/C24H31N7O2/c1-17-6-5-7-18(14-17)26-21(32)16-29-10-12-30(13-11-29)24-27-22-20(23(33)28-24)15-25-31(22)19-8-3-2-4-9-19/h2-4,8-9,15,17-18H,5-7,10-14,16H2,1H3,(H,26,32)(H,27,28,33). The Morgan fingerprint density at radius 1 is 1.15 bits per heavy atom. The van der Waals surface area contributed by atoms with Crippen LogP contribution in [0, 0.1) is 5.92 Å². The molecule has 2 fully saturated rings. The van der Waals surface area contributed by atoms with Crippen molar-refractivity contribution in [2.24, 2.45) is 5.92 Å². The number of piperazine rings is 1. The van der Waals surface area contributed by atoms with E-state index in [1.165, 1.54) is 12.8 Å². The summed E-state index contributed by atoms with van der Waals surface area (Å²) in [6.45, 7) is 5.56. The number of anilines is 1. The Kier molecular flexibility index (Phi) is 6.13. The van der Waals surface area contributed by atoms with Crippen LogP contribution < -0.4 is 15.8 Å². The monoisotopic (exact) mass is 449 g/mol. The van der Waals surface area contributed by atoms with Crippen molar-refractivity contribution in [3.63, 3.8) is 0 Å². The Balaban J connectivity index is 1.23. The molecule has 9 heteroatoms. The number of carbonyl (C=O) groups is 1. The summed E-state index contributed by atoms with van der Waals surface area (Å²) in [4.78, 5) is 37.1. The molecule has 2 atom stereocenters. The first kappa shape index (κ1) is 21.6. The molecule has 5 rings (SSSR count). The average Bonchev–Trinajstić information content (AvgIpc) is 3.25. The van der Waals surface area contributed by atoms with Gasteiger partial charge >= 0.3 is 0 Å². The maximum Gasteiger partial charge on any atom is 0.263 e. The van der Waals surface area contributed by atoms with E-state index in [0.717, 1.165) is 31.6 Å². The van der Waals surface area contributed by atoms with Gasteiger partial charge in [-0.3, -0.25) is 19.5 Å². The molecule has 2 aliphatic rings. The number of nitrogens with zero attached hydrogens (tertiary/aromatic N) is 5. The van der Waals surface area contributed by atoms with E-state index in [-0.39, 0.29) is 11.5 Å². The summed E-state index contributed by atoms with van der Waals surface area (Å²) in [5.74, 6) is 1.35. The second-order valence-electron chi connectivity index (χ2n) is 9.32. The minimum Gasteiger partial charge on any atom is -0.352 e. The lowest BCUT2D eigenvalue weighted by atomic mass is 9.87. The Morgan fingerprint density at radius 2 is 1.94 bits per heavy atom. The van der Waals surface area contributed by atoms with Crippen LogP contribution in [0.2, 0.25) is 0 Å². The number of fused-ring (bicyclic) bond motifs is 1. The highest BCUT2D eigenvalue weighted by atomic mass is 16.2. The second-order valence-corrected chi connectivity index (χ2v) is 9.32. The molecule has 0 radical (unpaired) electrons. The number of nitrogens with one attached hydrogen (secondary N) is 2. The van der Waals surface area contributed by atoms with Gasteiger partial charge in [0, 0.05) is 32.2 Å². The fraction of sp³-hybridized carbons (Fsp3) is 0.500. The summed E-state index contributed by atoms with van der Waals surface area (Å²) in [6, 6.07) is 10.00. The van der Waals surface area contributed by atoms with Gasteiger partial charge in [0.1, 0.15) is 5.39 Å². The van der Waals surface area contributed by atoms with Gasteiger partial charge in [-0.15, -0.1) is 0 Å². The molecule has 1 amide bonds. The van der Waals surface area contributed by atoms with Crippen LogP contribution in [0.3, 0.4) is 0 Å². The molecule has 1 aliphatic carbocycles. The van der Waals surface area contributed by atoms with Gasteiger partial charge in [0.2, 0.25) is 11.9 Å². The molecular formula is C24H31N7O2. The zero-order chi connectivity index (χ0) is 22.8. The molecule has 9 nitrogen and oxygen atoms in total. The SMILES string of the molecule is CC1CCCC(NC(=O)CN2CCN(c3nc4c(cnn4-c4ccccc4)c(=O)[nH]3)CC2)C1. The van der Waals surface area contributed by atoms with E-state index < -0.39 is 0 Å². The van der Waals surface area contributed by atoms with Gasteiger partial charge in [0.15, 0.2) is 5.65 Å². The number of benzene rings is 1. The maximum absolute atomic E-state index is 12.7. The van der Waals surface area contributed by atoms with E-state index in [0.29, 0.717) is 48.6 Å². The summed E-state index contributed by atoms with van der Waals surface area (Å²) < 4.78 is 1.70. The number of para-hydroxylation sites is 1. The minimum absolute atomic E-state index is 0.113. The molecule has 0 bridgehead atoms. The van der Waals surface area contributed by atoms with E-state index >= 15 is 0 Å². The van der Waals surface area contributed by atoms with Crippen molar-refractivity contribution in [1.82, 2.24) is 30.0 Å². The van der Waals surface area contributed by atoms with E-state index in [4.69, 9.17) is 4.98 Å². The van der Waals surface area contributed by atoms with Crippen molar-refractivity contribution in [1.29, 1.82) is 0 Å². The zero-order valence-corrected chi connectivity index (χ0v) is 19.0.